The quantitative estimate of drug-likeness (QED) is 0.896. The van der Waals surface area contributed by atoms with Gasteiger partial charge in [0, 0.05) is 11.1 Å². The van der Waals surface area contributed by atoms with Crippen molar-refractivity contribution in [2.75, 3.05) is 18.2 Å². The zero-order chi connectivity index (χ0) is 13.7. The van der Waals surface area contributed by atoms with Gasteiger partial charge in [0.25, 0.3) is 0 Å². The van der Waals surface area contributed by atoms with Gasteiger partial charge in [-0.05, 0) is 23.8 Å². The van der Waals surface area contributed by atoms with Gasteiger partial charge in [-0.1, -0.05) is 25.4 Å². The molecule has 0 saturated heterocycles. The number of ether oxygens (including phenoxy) is 1. The van der Waals surface area contributed by atoms with Crippen LogP contribution in [-0.2, 0) is 4.79 Å². The molecule has 0 aliphatic carbocycles. The predicted molar refractivity (Wildman–Crippen MR) is 79.0 cm³/mol. The lowest BCUT2D eigenvalue weighted by molar-refractivity contribution is -0.113. The summed E-state index contributed by atoms with van der Waals surface area (Å²) in [5.41, 5.74) is 1.57. The highest BCUT2D eigenvalue weighted by molar-refractivity contribution is 8.00. The van der Waals surface area contributed by atoms with E-state index in [4.69, 9.17) is 16.3 Å². The first-order valence-electron chi connectivity index (χ1n) is 5.69. The highest BCUT2D eigenvalue weighted by Gasteiger charge is 2.10. The Balaban J connectivity index is 2.77. The minimum Gasteiger partial charge on any atom is -0.495 e. The molecular formula is C13H18ClNO2S. The number of thioether (sulfide) groups is 1. The number of rotatable bonds is 5. The average Bonchev–Trinajstić information content (AvgIpc) is 2.31. The van der Waals surface area contributed by atoms with Crippen molar-refractivity contribution < 1.29 is 9.53 Å². The molecule has 100 valence electrons. The van der Waals surface area contributed by atoms with Crippen LogP contribution in [0.1, 0.15) is 19.4 Å². The van der Waals surface area contributed by atoms with Gasteiger partial charge in [-0.2, -0.15) is 0 Å². The summed E-state index contributed by atoms with van der Waals surface area (Å²) in [6, 6.07) is 3.53. The summed E-state index contributed by atoms with van der Waals surface area (Å²) in [5.74, 6) is 0.977. The van der Waals surface area contributed by atoms with Crippen molar-refractivity contribution in [3.8, 4) is 5.75 Å². The van der Waals surface area contributed by atoms with Gasteiger partial charge in [0.1, 0.15) is 5.75 Å². The summed E-state index contributed by atoms with van der Waals surface area (Å²) in [5, 5.41) is 3.90. The Bertz CT molecular complexity index is 435. The first kappa shape index (κ1) is 15.2. The van der Waals surface area contributed by atoms with Crippen molar-refractivity contribution in [1.29, 1.82) is 0 Å². The van der Waals surface area contributed by atoms with Crippen molar-refractivity contribution >= 4 is 35.0 Å². The largest absolute Gasteiger partial charge is 0.495 e. The maximum Gasteiger partial charge on any atom is 0.234 e. The molecule has 1 amide bonds. The summed E-state index contributed by atoms with van der Waals surface area (Å²) in [7, 11) is 1.56. The van der Waals surface area contributed by atoms with Gasteiger partial charge < -0.3 is 10.1 Å². The lowest BCUT2D eigenvalue weighted by Gasteiger charge is -2.12. The predicted octanol–water partition coefficient (Wildman–Crippen LogP) is 3.74. The second-order valence-corrected chi connectivity index (χ2v) is 6.18. The lowest BCUT2D eigenvalue weighted by Crippen LogP contribution is -2.16. The number of nitrogens with one attached hydrogen (secondary N) is 1. The zero-order valence-corrected chi connectivity index (χ0v) is 12.6. The number of hydrogen-bond donors (Lipinski definition) is 1. The SMILES string of the molecule is COc1cc(Cl)c(C)cc1NC(=O)CSC(C)C. The van der Waals surface area contributed by atoms with Crippen molar-refractivity contribution in [2.45, 2.75) is 26.0 Å². The third kappa shape index (κ3) is 4.42. The Morgan fingerprint density at radius 2 is 2.17 bits per heavy atom. The zero-order valence-electron chi connectivity index (χ0n) is 11.0. The number of aryl methyl sites for hydroxylation is 1. The average molecular weight is 288 g/mol. The van der Waals surface area contributed by atoms with Crippen LogP contribution in [0.2, 0.25) is 5.02 Å². The molecule has 18 heavy (non-hydrogen) atoms. The van der Waals surface area contributed by atoms with Crippen LogP contribution in [0.3, 0.4) is 0 Å². The Hall–Kier alpha value is -0.870. The normalized spacial score (nSPS) is 10.6. The van der Waals surface area contributed by atoms with Gasteiger partial charge in [-0.15, -0.1) is 11.8 Å². The van der Waals surface area contributed by atoms with Crippen molar-refractivity contribution in [3.05, 3.63) is 22.7 Å². The molecule has 0 atom stereocenters. The molecule has 0 aliphatic rings. The van der Waals surface area contributed by atoms with Crippen molar-refractivity contribution in [3.63, 3.8) is 0 Å². The molecular weight excluding hydrogens is 270 g/mol. The van der Waals surface area contributed by atoms with E-state index in [1.807, 2.05) is 13.0 Å². The summed E-state index contributed by atoms with van der Waals surface area (Å²) in [4.78, 5) is 11.8. The smallest absolute Gasteiger partial charge is 0.234 e. The van der Waals surface area contributed by atoms with Gasteiger partial charge in [-0.25, -0.2) is 0 Å². The maximum atomic E-state index is 11.8. The molecule has 0 fully saturated rings. The molecule has 3 nitrogen and oxygen atoms in total. The van der Waals surface area contributed by atoms with E-state index >= 15 is 0 Å². The summed E-state index contributed by atoms with van der Waals surface area (Å²) < 4.78 is 5.20. The standard InChI is InChI=1S/C13H18ClNO2S/c1-8(2)18-7-13(16)15-11-5-9(3)10(14)6-12(11)17-4/h5-6,8H,7H2,1-4H3,(H,15,16). The van der Waals surface area contributed by atoms with Crippen LogP contribution in [-0.4, -0.2) is 24.0 Å². The number of hydrogen-bond acceptors (Lipinski definition) is 3. The highest BCUT2D eigenvalue weighted by atomic mass is 35.5. The number of halogens is 1. The summed E-state index contributed by atoms with van der Waals surface area (Å²) in [6.07, 6.45) is 0. The second-order valence-electron chi connectivity index (χ2n) is 4.21. The molecule has 0 heterocycles. The molecule has 5 heteroatoms. The lowest BCUT2D eigenvalue weighted by atomic mass is 10.2. The highest BCUT2D eigenvalue weighted by Crippen LogP contribution is 2.31. The van der Waals surface area contributed by atoms with Crippen LogP contribution >= 0.6 is 23.4 Å². The molecule has 1 aromatic rings. The number of carbonyl (C=O) groups excluding carboxylic acids is 1. The Labute approximate surface area is 117 Å². The molecule has 1 N–H and O–H groups in total. The molecule has 0 unspecified atom stereocenters. The third-order valence-corrected chi connectivity index (χ3v) is 3.81. The Morgan fingerprint density at radius 1 is 1.50 bits per heavy atom. The first-order chi connectivity index (χ1) is 8.43. The fourth-order valence-corrected chi connectivity index (χ4v) is 2.07. The number of amides is 1. The first-order valence-corrected chi connectivity index (χ1v) is 7.12. The van der Waals surface area contributed by atoms with Crippen LogP contribution in [0.5, 0.6) is 5.75 Å². The van der Waals surface area contributed by atoms with E-state index in [9.17, 15) is 4.79 Å². The molecule has 0 saturated carbocycles. The molecule has 0 bridgehead atoms. The number of methoxy groups -OCH3 is 1. The third-order valence-electron chi connectivity index (χ3n) is 2.30. The van der Waals surface area contributed by atoms with E-state index in [1.54, 1.807) is 24.9 Å². The monoisotopic (exact) mass is 287 g/mol. The summed E-state index contributed by atoms with van der Waals surface area (Å²) >= 11 is 7.61. The van der Waals surface area contributed by atoms with Gasteiger partial charge in [0.2, 0.25) is 5.91 Å². The van der Waals surface area contributed by atoms with E-state index in [2.05, 4.69) is 19.2 Å². The van der Waals surface area contributed by atoms with Gasteiger partial charge in [0.15, 0.2) is 0 Å². The fourth-order valence-electron chi connectivity index (χ4n) is 1.36. The van der Waals surface area contributed by atoms with Crippen LogP contribution in [0.15, 0.2) is 12.1 Å². The molecule has 0 radical (unpaired) electrons. The van der Waals surface area contributed by atoms with Crippen LogP contribution in [0.25, 0.3) is 0 Å². The number of anilines is 1. The fraction of sp³-hybridized carbons (Fsp3) is 0.462. The molecule has 1 aromatic carbocycles. The van der Waals surface area contributed by atoms with E-state index in [0.29, 0.717) is 27.5 Å². The minimum absolute atomic E-state index is 0.0336. The van der Waals surface area contributed by atoms with Gasteiger partial charge in [-0.3, -0.25) is 4.79 Å². The topological polar surface area (TPSA) is 38.3 Å². The van der Waals surface area contributed by atoms with Crippen LogP contribution < -0.4 is 10.1 Å². The van der Waals surface area contributed by atoms with E-state index < -0.39 is 0 Å². The molecule has 0 aromatic heterocycles. The molecule has 0 aliphatic heterocycles. The summed E-state index contributed by atoms with van der Waals surface area (Å²) in [6.45, 7) is 6.01. The number of carbonyl (C=O) groups is 1. The van der Waals surface area contributed by atoms with Crippen molar-refractivity contribution in [2.24, 2.45) is 0 Å². The Kier molecular flexibility index (Phi) is 5.82. The van der Waals surface area contributed by atoms with Crippen LogP contribution in [0, 0.1) is 6.92 Å². The van der Waals surface area contributed by atoms with E-state index in [-0.39, 0.29) is 5.91 Å². The second kappa shape index (κ2) is 6.90. The maximum absolute atomic E-state index is 11.8. The van der Waals surface area contributed by atoms with E-state index in [0.717, 1.165) is 5.56 Å². The van der Waals surface area contributed by atoms with Gasteiger partial charge >= 0.3 is 0 Å². The van der Waals surface area contributed by atoms with Crippen molar-refractivity contribution in [1.82, 2.24) is 0 Å². The van der Waals surface area contributed by atoms with E-state index in [1.165, 1.54) is 0 Å². The molecule has 0 spiro atoms. The molecule has 1 rings (SSSR count). The van der Waals surface area contributed by atoms with Gasteiger partial charge in [0.05, 0.1) is 18.6 Å². The number of benzene rings is 1. The Morgan fingerprint density at radius 3 is 2.72 bits per heavy atom. The minimum atomic E-state index is -0.0336. The van der Waals surface area contributed by atoms with Crippen LogP contribution in [0.4, 0.5) is 5.69 Å².